The Morgan fingerprint density at radius 1 is 1.20 bits per heavy atom. The number of fused-ring (bicyclic) bond motifs is 4. The number of amides is 3. The van der Waals surface area contributed by atoms with Crippen LogP contribution in [0.3, 0.4) is 0 Å². The van der Waals surface area contributed by atoms with Crippen LogP contribution in [0.5, 0.6) is 5.75 Å². The molecular formula is C27H32N4O4. The summed E-state index contributed by atoms with van der Waals surface area (Å²) in [5.41, 5.74) is 2.73. The number of aromatic nitrogens is 1. The van der Waals surface area contributed by atoms with Gasteiger partial charge in [-0.25, -0.2) is 4.79 Å². The molecule has 0 unspecified atom stereocenters. The van der Waals surface area contributed by atoms with Crippen molar-refractivity contribution in [3.63, 3.8) is 0 Å². The molecule has 0 bridgehead atoms. The van der Waals surface area contributed by atoms with Gasteiger partial charge in [0, 0.05) is 42.5 Å². The third-order valence-corrected chi connectivity index (χ3v) is 8.14. The molecule has 35 heavy (non-hydrogen) atoms. The Bertz CT molecular complexity index is 1270. The molecule has 1 aromatic carbocycles. The summed E-state index contributed by atoms with van der Waals surface area (Å²) in [5.74, 6) is 0.913. The lowest BCUT2D eigenvalue weighted by atomic mass is 9.80. The topological polar surface area (TPSA) is 89.1 Å². The fourth-order valence-corrected chi connectivity index (χ4v) is 6.31. The highest BCUT2D eigenvalue weighted by Crippen LogP contribution is 2.50. The fourth-order valence-electron chi connectivity index (χ4n) is 6.31. The highest BCUT2D eigenvalue weighted by atomic mass is 16.5. The molecule has 2 fully saturated rings. The third kappa shape index (κ3) is 3.37. The predicted octanol–water partition coefficient (Wildman–Crippen LogP) is 4.05. The summed E-state index contributed by atoms with van der Waals surface area (Å²) in [5, 5.41) is 11.4. The SMILES string of the molecule is COc1ccc2[nH]c3c(c2c1)C[C@@]1(C)C(=O)N(CCN2CCCC2)C(=O)N1[C@@H]3C1=CCCC(O)=C1. The van der Waals surface area contributed by atoms with Crippen molar-refractivity contribution in [1.29, 1.82) is 0 Å². The van der Waals surface area contributed by atoms with Crippen molar-refractivity contribution in [2.45, 2.75) is 50.6 Å². The van der Waals surface area contributed by atoms with Crippen molar-refractivity contribution in [1.82, 2.24) is 19.7 Å². The number of carbonyl (C=O) groups is 2. The number of benzene rings is 1. The molecule has 2 saturated heterocycles. The second-order valence-corrected chi connectivity index (χ2v) is 10.3. The number of hydrogen-bond donors (Lipinski definition) is 2. The number of nitrogens with one attached hydrogen (secondary N) is 1. The third-order valence-electron chi connectivity index (χ3n) is 8.14. The largest absolute Gasteiger partial charge is 0.512 e. The van der Waals surface area contributed by atoms with Crippen LogP contribution in [0.15, 0.2) is 41.7 Å². The quantitative estimate of drug-likeness (QED) is 0.636. The summed E-state index contributed by atoms with van der Waals surface area (Å²) in [6, 6.07) is 5.16. The van der Waals surface area contributed by atoms with Gasteiger partial charge in [-0.15, -0.1) is 0 Å². The lowest BCUT2D eigenvalue weighted by Crippen LogP contribution is -2.53. The maximum Gasteiger partial charge on any atom is 0.328 e. The van der Waals surface area contributed by atoms with Gasteiger partial charge in [0.15, 0.2) is 0 Å². The Labute approximate surface area is 204 Å². The maximum atomic E-state index is 13.9. The molecule has 184 valence electrons. The highest BCUT2D eigenvalue weighted by Gasteiger charge is 2.60. The number of aliphatic hydroxyl groups is 1. The van der Waals surface area contributed by atoms with E-state index in [0.717, 1.165) is 46.6 Å². The number of aromatic amines is 1. The first-order chi connectivity index (χ1) is 16.9. The van der Waals surface area contributed by atoms with E-state index in [4.69, 9.17) is 4.74 Å². The molecule has 2 N–H and O–H groups in total. The zero-order chi connectivity index (χ0) is 24.3. The molecule has 0 saturated carbocycles. The molecule has 4 aliphatic rings. The average molecular weight is 477 g/mol. The smallest absolute Gasteiger partial charge is 0.328 e. The monoisotopic (exact) mass is 476 g/mol. The number of H-pyrrole nitrogens is 1. The Hall–Kier alpha value is -3.26. The number of carbonyl (C=O) groups excluding carboxylic acids is 2. The van der Waals surface area contributed by atoms with E-state index in [0.29, 0.717) is 38.1 Å². The molecule has 6 rings (SSSR count). The molecule has 2 aromatic rings. The van der Waals surface area contributed by atoms with E-state index in [9.17, 15) is 14.7 Å². The van der Waals surface area contributed by atoms with Crippen LogP contribution in [-0.2, 0) is 11.2 Å². The predicted molar refractivity (Wildman–Crippen MR) is 132 cm³/mol. The molecule has 8 heteroatoms. The van der Waals surface area contributed by atoms with Crippen molar-refractivity contribution in [2.75, 3.05) is 33.3 Å². The minimum absolute atomic E-state index is 0.140. The first-order valence-corrected chi connectivity index (χ1v) is 12.6. The standard InChI is InChI=1S/C27H32N4O4/c1-27-16-21-20-15-19(35-2)8-9-22(20)28-23(21)24(17-6-5-7-18(32)14-17)31(27)26(34)30(25(27)33)13-12-29-10-3-4-11-29/h6,8-9,14-15,24,28,32H,3-5,7,10-13,16H2,1-2H3/t24-,27+/m1/s1. The lowest BCUT2D eigenvalue weighted by molar-refractivity contribution is -0.133. The van der Waals surface area contributed by atoms with Gasteiger partial charge in [0.25, 0.3) is 5.91 Å². The molecule has 3 aliphatic heterocycles. The number of hydrogen-bond acceptors (Lipinski definition) is 5. The molecule has 8 nitrogen and oxygen atoms in total. The number of rotatable bonds is 5. The van der Waals surface area contributed by atoms with Crippen molar-refractivity contribution >= 4 is 22.8 Å². The number of methoxy groups -OCH3 is 1. The molecule has 4 heterocycles. The number of allylic oxidation sites excluding steroid dienone is 2. The average Bonchev–Trinajstić information content (AvgIpc) is 3.54. The second-order valence-electron chi connectivity index (χ2n) is 10.3. The van der Waals surface area contributed by atoms with Crippen LogP contribution in [0.2, 0.25) is 0 Å². The highest BCUT2D eigenvalue weighted by molar-refractivity contribution is 6.08. The van der Waals surface area contributed by atoms with Gasteiger partial charge in [-0.05, 0) is 74.7 Å². The number of aliphatic hydroxyl groups excluding tert-OH is 1. The summed E-state index contributed by atoms with van der Waals surface area (Å²) in [6.07, 6.45) is 7.89. The van der Waals surface area contributed by atoms with Crippen LogP contribution in [0, 0.1) is 0 Å². The van der Waals surface area contributed by atoms with Gasteiger partial charge in [0.2, 0.25) is 0 Å². The van der Waals surface area contributed by atoms with Gasteiger partial charge >= 0.3 is 6.03 Å². The molecule has 2 atom stereocenters. The van der Waals surface area contributed by atoms with Crippen molar-refractivity contribution in [3.8, 4) is 5.75 Å². The van der Waals surface area contributed by atoms with E-state index < -0.39 is 11.6 Å². The van der Waals surface area contributed by atoms with Crippen molar-refractivity contribution in [2.24, 2.45) is 0 Å². The van der Waals surface area contributed by atoms with E-state index in [1.165, 1.54) is 17.7 Å². The minimum atomic E-state index is -1.00. The first kappa shape index (κ1) is 22.2. The van der Waals surface area contributed by atoms with Gasteiger partial charge in [-0.3, -0.25) is 14.6 Å². The van der Waals surface area contributed by atoms with Crippen LogP contribution < -0.4 is 4.74 Å². The summed E-state index contributed by atoms with van der Waals surface area (Å²) < 4.78 is 5.48. The normalized spacial score (nSPS) is 26.7. The number of nitrogens with zero attached hydrogens (tertiary/aromatic N) is 3. The summed E-state index contributed by atoms with van der Waals surface area (Å²) in [7, 11) is 1.64. The van der Waals surface area contributed by atoms with Crippen molar-refractivity contribution < 1.29 is 19.4 Å². The molecular weight excluding hydrogens is 444 g/mol. The van der Waals surface area contributed by atoms with E-state index >= 15 is 0 Å². The zero-order valence-electron chi connectivity index (χ0n) is 20.3. The Kier molecular flexibility index (Phi) is 5.18. The molecule has 1 aromatic heterocycles. The summed E-state index contributed by atoms with van der Waals surface area (Å²) in [6.45, 7) is 5.05. The molecule has 3 amide bonds. The Balaban J connectivity index is 1.46. The van der Waals surface area contributed by atoms with E-state index in [1.54, 1.807) is 18.1 Å². The minimum Gasteiger partial charge on any atom is -0.512 e. The molecule has 0 radical (unpaired) electrons. The van der Waals surface area contributed by atoms with Crippen LogP contribution >= 0.6 is 0 Å². The second kappa shape index (κ2) is 8.16. The summed E-state index contributed by atoms with van der Waals surface area (Å²) >= 11 is 0. The maximum absolute atomic E-state index is 13.9. The van der Waals surface area contributed by atoms with Crippen molar-refractivity contribution in [3.05, 3.63) is 52.9 Å². The van der Waals surface area contributed by atoms with Crippen LogP contribution in [0.1, 0.15) is 49.9 Å². The van der Waals surface area contributed by atoms with E-state index in [-0.39, 0.29) is 11.9 Å². The van der Waals surface area contributed by atoms with E-state index in [2.05, 4.69) is 16.0 Å². The summed E-state index contributed by atoms with van der Waals surface area (Å²) in [4.78, 5) is 36.9. The van der Waals surface area contributed by atoms with Crippen LogP contribution in [0.25, 0.3) is 10.9 Å². The fraction of sp³-hybridized carbons (Fsp3) is 0.481. The number of likely N-dealkylation sites (tertiary alicyclic amines) is 1. The van der Waals surface area contributed by atoms with Gasteiger partial charge in [-0.2, -0.15) is 0 Å². The molecule has 1 aliphatic carbocycles. The van der Waals surface area contributed by atoms with Gasteiger partial charge in [-0.1, -0.05) is 6.08 Å². The van der Waals surface area contributed by atoms with Gasteiger partial charge < -0.3 is 19.7 Å². The number of imide groups is 1. The van der Waals surface area contributed by atoms with Crippen LogP contribution in [-0.4, -0.2) is 75.6 Å². The zero-order valence-corrected chi connectivity index (χ0v) is 20.3. The first-order valence-electron chi connectivity index (χ1n) is 12.6. The van der Waals surface area contributed by atoms with E-state index in [1.807, 2.05) is 25.1 Å². The van der Waals surface area contributed by atoms with Gasteiger partial charge in [0.05, 0.1) is 12.9 Å². The Morgan fingerprint density at radius 3 is 2.74 bits per heavy atom. The Morgan fingerprint density at radius 2 is 2.00 bits per heavy atom. The number of ether oxygens (including phenoxy) is 1. The van der Waals surface area contributed by atoms with Crippen LogP contribution in [0.4, 0.5) is 4.79 Å². The number of urea groups is 1. The lowest BCUT2D eigenvalue weighted by Gasteiger charge is -2.43. The molecule has 0 spiro atoms. The van der Waals surface area contributed by atoms with Gasteiger partial charge in [0.1, 0.15) is 17.3 Å².